The van der Waals surface area contributed by atoms with Crippen molar-refractivity contribution in [3.05, 3.63) is 41.5 Å². The molecule has 0 heterocycles. The summed E-state index contributed by atoms with van der Waals surface area (Å²) in [5, 5.41) is 4.30. The first-order chi connectivity index (χ1) is 10.2. The second-order valence-corrected chi connectivity index (χ2v) is 5.35. The number of nitrogens with one attached hydrogen (secondary N) is 1. The number of unbranched alkanes of at least 4 members (excludes halogenated alkanes) is 2. The first kappa shape index (κ1) is 15.3. The molecule has 0 aromatic heterocycles. The number of hydrazone groups is 1. The molecule has 1 aliphatic rings. The molecule has 0 saturated heterocycles. The van der Waals surface area contributed by atoms with Crippen LogP contribution in [0.2, 0.25) is 0 Å². The van der Waals surface area contributed by atoms with Crippen molar-refractivity contribution in [1.82, 2.24) is 5.43 Å². The van der Waals surface area contributed by atoms with Gasteiger partial charge >= 0.3 is 0 Å². The van der Waals surface area contributed by atoms with E-state index in [2.05, 4.69) is 23.5 Å². The van der Waals surface area contributed by atoms with Crippen LogP contribution in [0.4, 0.5) is 5.69 Å². The monoisotopic (exact) mass is 285 g/mol. The van der Waals surface area contributed by atoms with E-state index in [0.717, 1.165) is 25.0 Å². The van der Waals surface area contributed by atoms with Crippen LogP contribution in [0.25, 0.3) is 0 Å². The van der Waals surface area contributed by atoms with Gasteiger partial charge in [-0.2, -0.15) is 5.10 Å². The van der Waals surface area contributed by atoms with Crippen LogP contribution in [0.5, 0.6) is 0 Å². The van der Waals surface area contributed by atoms with Gasteiger partial charge in [0, 0.05) is 11.3 Å². The van der Waals surface area contributed by atoms with E-state index >= 15 is 0 Å². The number of hydrogen-bond donors (Lipinski definition) is 2. The summed E-state index contributed by atoms with van der Waals surface area (Å²) in [5.41, 5.74) is 11.8. The molecule has 112 valence electrons. The number of nitrogens with two attached hydrogens (primary N) is 1. The Bertz CT molecular complexity index is 544. The quantitative estimate of drug-likeness (QED) is 0.476. The maximum Gasteiger partial charge on any atom is 0.271 e. The van der Waals surface area contributed by atoms with Crippen LogP contribution >= 0.6 is 0 Å². The molecule has 0 atom stereocenters. The molecule has 21 heavy (non-hydrogen) atoms. The third-order valence-electron chi connectivity index (χ3n) is 3.66. The molecule has 1 aliphatic carbocycles. The van der Waals surface area contributed by atoms with Crippen molar-refractivity contribution in [2.75, 3.05) is 5.73 Å². The molecule has 0 spiro atoms. The van der Waals surface area contributed by atoms with Crippen LogP contribution in [0.1, 0.15) is 55.8 Å². The second kappa shape index (κ2) is 7.62. The van der Waals surface area contributed by atoms with E-state index in [-0.39, 0.29) is 5.91 Å². The molecule has 4 heteroatoms. The van der Waals surface area contributed by atoms with Crippen molar-refractivity contribution < 1.29 is 4.79 Å². The standard InChI is InChI=1S/C17H23N3O/c1-2-3-4-6-13-7-5-8-16(13)19-20-17(21)14-9-11-15(18)12-10-14/h7,9-12H,2-6,8,18H2,1H3,(H,20,21). The van der Waals surface area contributed by atoms with E-state index in [4.69, 9.17) is 5.73 Å². The number of hydrogen-bond acceptors (Lipinski definition) is 3. The van der Waals surface area contributed by atoms with Crippen LogP contribution in [-0.2, 0) is 0 Å². The maximum atomic E-state index is 12.0. The average Bonchev–Trinajstić information content (AvgIpc) is 2.93. The molecule has 0 aliphatic heterocycles. The fourth-order valence-corrected chi connectivity index (χ4v) is 2.42. The Morgan fingerprint density at radius 1 is 1.29 bits per heavy atom. The van der Waals surface area contributed by atoms with Crippen LogP contribution in [0.15, 0.2) is 41.0 Å². The average molecular weight is 285 g/mol. The van der Waals surface area contributed by atoms with Crippen LogP contribution in [0.3, 0.4) is 0 Å². The molecule has 3 N–H and O–H groups in total. The highest BCUT2D eigenvalue weighted by Crippen LogP contribution is 2.21. The molecule has 0 radical (unpaired) electrons. The molecule has 1 aromatic carbocycles. The largest absolute Gasteiger partial charge is 0.399 e. The Labute approximate surface area is 126 Å². The highest BCUT2D eigenvalue weighted by Gasteiger charge is 2.13. The Morgan fingerprint density at radius 3 is 2.76 bits per heavy atom. The smallest absolute Gasteiger partial charge is 0.271 e. The van der Waals surface area contributed by atoms with Crippen LogP contribution < -0.4 is 11.2 Å². The molecule has 2 rings (SSSR count). The molecule has 0 bridgehead atoms. The van der Waals surface area contributed by atoms with Gasteiger partial charge in [-0.1, -0.05) is 25.8 Å². The zero-order valence-electron chi connectivity index (χ0n) is 12.6. The van der Waals surface area contributed by atoms with Gasteiger partial charge in [0.25, 0.3) is 5.91 Å². The third-order valence-corrected chi connectivity index (χ3v) is 3.66. The lowest BCUT2D eigenvalue weighted by molar-refractivity contribution is 0.0955. The minimum Gasteiger partial charge on any atom is -0.399 e. The van der Waals surface area contributed by atoms with Gasteiger partial charge in [-0.15, -0.1) is 0 Å². The molecule has 0 saturated carbocycles. The first-order valence-corrected chi connectivity index (χ1v) is 7.62. The molecular formula is C17H23N3O. The summed E-state index contributed by atoms with van der Waals surface area (Å²) in [5.74, 6) is -0.192. The predicted octanol–water partition coefficient (Wildman–Crippen LogP) is 3.66. The fraction of sp³-hybridized carbons (Fsp3) is 0.412. The van der Waals surface area contributed by atoms with Crippen molar-refractivity contribution in [2.45, 2.75) is 45.4 Å². The summed E-state index contributed by atoms with van der Waals surface area (Å²) in [6.07, 6.45) is 8.89. The van der Waals surface area contributed by atoms with E-state index in [1.54, 1.807) is 24.3 Å². The van der Waals surface area contributed by atoms with E-state index in [0.29, 0.717) is 11.3 Å². The highest BCUT2D eigenvalue weighted by molar-refractivity contribution is 6.03. The van der Waals surface area contributed by atoms with Gasteiger partial charge in [-0.3, -0.25) is 4.79 Å². The lowest BCUT2D eigenvalue weighted by Gasteiger charge is -2.06. The Kier molecular flexibility index (Phi) is 5.55. The van der Waals surface area contributed by atoms with Crippen LogP contribution in [-0.4, -0.2) is 11.6 Å². The van der Waals surface area contributed by atoms with Crippen LogP contribution in [0, 0.1) is 0 Å². The number of anilines is 1. The maximum absolute atomic E-state index is 12.0. The van der Waals surface area contributed by atoms with Gasteiger partial charge in [0.15, 0.2) is 0 Å². The summed E-state index contributed by atoms with van der Waals surface area (Å²) >= 11 is 0. The zero-order valence-corrected chi connectivity index (χ0v) is 12.6. The summed E-state index contributed by atoms with van der Waals surface area (Å²) in [6, 6.07) is 6.84. The Morgan fingerprint density at radius 2 is 2.05 bits per heavy atom. The minimum absolute atomic E-state index is 0.192. The van der Waals surface area contributed by atoms with E-state index < -0.39 is 0 Å². The Hall–Kier alpha value is -2.10. The summed E-state index contributed by atoms with van der Waals surface area (Å²) < 4.78 is 0. The number of carbonyl (C=O) groups excluding carboxylic acids is 1. The summed E-state index contributed by atoms with van der Waals surface area (Å²) in [6.45, 7) is 2.20. The van der Waals surface area contributed by atoms with E-state index in [1.165, 1.54) is 24.8 Å². The van der Waals surface area contributed by atoms with E-state index in [1.807, 2.05) is 0 Å². The van der Waals surface area contributed by atoms with Crippen molar-refractivity contribution in [1.29, 1.82) is 0 Å². The third kappa shape index (κ3) is 4.45. The minimum atomic E-state index is -0.192. The number of amides is 1. The number of nitrogen functional groups attached to an aromatic ring is 1. The number of nitrogens with zero attached hydrogens (tertiary/aromatic N) is 1. The zero-order chi connectivity index (χ0) is 15.1. The second-order valence-electron chi connectivity index (χ2n) is 5.35. The van der Waals surface area contributed by atoms with Gasteiger partial charge in [-0.05, 0) is 55.5 Å². The number of benzene rings is 1. The van der Waals surface area contributed by atoms with Gasteiger partial charge in [-0.25, -0.2) is 5.43 Å². The molecular weight excluding hydrogens is 262 g/mol. The number of rotatable bonds is 6. The van der Waals surface area contributed by atoms with Gasteiger partial charge in [0.2, 0.25) is 0 Å². The summed E-state index contributed by atoms with van der Waals surface area (Å²) in [7, 11) is 0. The number of carbonyl (C=O) groups is 1. The highest BCUT2D eigenvalue weighted by atomic mass is 16.2. The van der Waals surface area contributed by atoms with Crippen molar-refractivity contribution >= 4 is 17.3 Å². The molecule has 1 amide bonds. The topological polar surface area (TPSA) is 67.5 Å². The van der Waals surface area contributed by atoms with Gasteiger partial charge < -0.3 is 5.73 Å². The van der Waals surface area contributed by atoms with E-state index in [9.17, 15) is 4.79 Å². The first-order valence-electron chi connectivity index (χ1n) is 7.62. The van der Waals surface area contributed by atoms with Crippen molar-refractivity contribution in [2.24, 2.45) is 5.10 Å². The molecule has 1 aromatic rings. The molecule has 0 unspecified atom stereocenters. The predicted molar refractivity (Wildman–Crippen MR) is 87.2 cm³/mol. The lowest BCUT2D eigenvalue weighted by Crippen LogP contribution is -2.19. The fourth-order valence-electron chi connectivity index (χ4n) is 2.42. The number of allylic oxidation sites excluding steroid dienone is 2. The van der Waals surface area contributed by atoms with Crippen molar-refractivity contribution in [3.63, 3.8) is 0 Å². The van der Waals surface area contributed by atoms with Crippen molar-refractivity contribution in [3.8, 4) is 0 Å². The molecule has 4 nitrogen and oxygen atoms in total. The summed E-state index contributed by atoms with van der Waals surface area (Å²) in [4.78, 5) is 12.0. The molecule has 0 fully saturated rings. The lowest BCUT2D eigenvalue weighted by atomic mass is 10.1. The normalized spacial score (nSPS) is 16.0. The SMILES string of the molecule is CCCCCC1=CCCC1=NNC(=O)c1ccc(N)cc1. The van der Waals surface area contributed by atoms with Gasteiger partial charge in [0.05, 0.1) is 5.71 Å². The van der Waals surface area contributed by atoms with Gasteiger partial charge in [0.1, 0.15) is 0 Å². The Balaban J connectivity index is 1.92.